The number of benzene rings is 2. The summed E-state index contributed by atoms with van der Waals surface area (Å²) in [6, 6.07) is 11.3. The zero-order valence-corrected chi connectivity index (χ0v) is 20.2. The van der Waals surface area contributed by atoms with Crippen LogP contribution in [0.5, 0.6) is 23.0 Å². The average molecular weight is 477 g/mol. The number of anilines is 1. The summed E-state index contributed by atoms with van der Waals surface area (Å²) < 4.78 is 23.9. The summed E-state index contributed by atoms with van der Waals surface area (Å²) in [5.74, 6) is 3.07. The molecule has 0 spiro atoms. The Balaban J connectivity index is 1.54. The van der Waals surface area contributed by atoms with E-state index in [0.29, 0.717) is 42.6 Å². The van der Waals surface area contributed by atoms with Crippen LogP contribution in [0.2, 0.25) is 0 Å². The third-order valence-electron chi connectivity index (χ3n) is 6.53. The number of carbonyl (C=O) groups is 1. The van der Waals surface area contributed by atoms with Crippen molar-refractivity contribution in [2.24, 2.45) is 0 Å². The number of fused-ring (bicyclic) bond motifs is 1. The molecular formula is C26H28N4O5. The lowest BCUT2D eigenvalue weighted by Crippen LogP contribution is -2.33. The maximum Gasteiger partial charge on any atom is 0.226 e. The minimum Gasteiger partial charge on any atom is -0.494 e. The van der Waals surface area contributed by atoms with E-state index in [1.807, 2.05) is 43.3 Å². The number of aromatic nitrogens is 3. The maximum absolute atomic E-state index is 13.7. The lowest BCUT2D eigenvalue weighted by Gasteiger charge is -2.35. The van der Waals surface area contributed by atoms with E-state index >= 15 is 0 Å². The van der Waals surface area contributed by atoms with E-state index in [2.05, 4.69) is 15.4 Å². The first kappa shape index (κ1) is 22.8. The number of ether oxygens (including phenoxy) is 4. The van der Waals surface area contributed by atoms with Crippen molar-refractivity contribution in [3.63, 3.8) is 0 Å². The molecule has 2 heterocycles. The van der Waals surface area contributed by atoms with Crippen LogP contribution in [0.25, 0.3) is 0 Å². The maximum atomic E-state index is 13.7. The zero-order valence-electron chi connectivity index (χ0n) is 20.2. The van der Waals surface area contributed by atoms with Crippen LogP contribution >= 0.6 is 0 Å². The van der Waals surface area contributed by atoms with E-state index in [1.54, 1.807) is 26.0 Å². The number of allylic oxidation sites excluding steroid dienone is 2. The number of nitrogens with one attached hydrogen (secondary N) is 1. The Bertz CT molecular complexity index is 1260. The van der Waals surface area contributed by atoms with Crippen molar-refractivity contribution in [1.29, 1.82) is 0 Å². The van der Waals surface area contributed by atoms with Gasteiger partial charge < -0.3 is 24.3 Å². The molecule has 0 amide bonds. The first-order chi connectivity index (χ1) is 17.1. The van der Waals surface area contributed by atoms with Gasteiger partial charge in [0.05, 0.1) is 27.9 Å². The number of hydrogen-bond donors (Lipinski definition) is 1. The van der Waals surface area contributed by atoms with Gasteiger partial charge in [-0.1, -0.05) is 12.1 Å². The van der Waals surface area contributed by atoms with Gasteiger partial charge in [-0.25, -0.2) is 4.68 Å². The predicted molar refractivity (Wildman–Crippen MR) is 130 cm³/mol. The van der Waals surface area contributed by atoms with Crippen molar-refractivity contribution >= 4 is 11.7 Å². The van der Waals surface area contributed by atoms with E-state index in [4.69, 9.17) is 18.9 Å². The number of carbonyl (C=O) groups excluding carboxylic acids is 1. The van der Waals surface area contributed by atoms with Gasteiger partial charge in [0.2, 0.25) is 11.7 Å². The molecule has 0 radical (unpaired) electrons. The number of nitrogens with zero attached hydrogens (tertiary/aromatic N) is 3. The molecule has 9 nitrogen and oxygen atoms in total. The topological polar surface area (TPSA) is 96.7 Å². The van der Waals surface area contributed by atoms with E-state index in [0.717, 1.165) is 28.1 Å². The summed E-state index contributed by atoms with van der Waals surface area (Å²) in [5, 5.41) is 7.78. The quantitative estimate of drug-likeness (QED) is 0.544. The summed E-state index contributed by atoms with van der Waals surface area (Å²) in [6.07, 6.45) is 2.50. The highest BCUT2D eigenvalue weighted by molar-refractivity contribution is 6.00. The van der Waals surface area contributed by atoms with Gasteiger partial charge in [-0.15, -0.1) is 0 Å². The molecule has 1 aliphatic heterocycles. The van der Waals surface area contributed by atoms with Crippen molar-refractivity contribution < 1.29 is 23.7 Å². The number of Topliss-reactive ketones (excluding diaryl/α,β-unsaturated/α-hetero) is 1. The molecule has 3 aromatic rings. The SMILES string of the molecule is CCOc1ccc([C@@H]2C3=C(C[C@H](c4cc(OC)c(OC)c(OC)c4)CC3=O)Nc3ncnn32)cc1. The van der Waals surface area contributed by atoms with E-state index in [-0.39, 0.29) is 17.7 Å². The van der Waals surface area contributed by atoms with Crippen molar-refractivity contribution in [1.82, 2.24) is 14.8 Å². The van der Waals surface area contributed by atoms with E-state index in [9.17, 15) is 4.79 Å². The Morgan fingerprint density at radius 1 is 1.00 bits per heavy atom. The second-order valence-corrected chi connectivity index (χ2v) is 8.44. The second-order valence-electron chi connectivity index (χ2n) is 8.44. The molecule has 182 valence electrons. The fourth-order valence-corrected chi connectivity index (χ4v) is 4.95. The Morgan fingerprint density at radius 3 is 2.34 bits per heavy atom. The minimum absolute atomic E-state index is 0.0575. The van der Waals surface area contributed by atoms with Crippen molar-refractivity contribution in [2.45, 2.75) is 31.7 Å². The van der Waals surface area contributed by atoms with E-state index < -0.39 is 0 Å². The molecule has 5 rings (SSSR count). The van der Waals surface area contributed by atoms with Crippen molar-refractivity contribution in [2.75, 3.05) is 33.3 Å². The standard InChI is InChI=1S/C26H28N4O5/c1-5-35-18-8-6-15(7-9-18)24-23-19(29-26-27-14-28-30(24)26)10-16(11-20(23)31)17-12-21(32-2)25(34-4)22(13-17)33-3/h6-9,12-14,16,24H,5,10-11H2,1-4H3,(H,27,28,29)/t16-,24+/m0/s1. The molecule has 2 aromatic carbocycles. The van der Waals surface area contributed by atoms with Crippen LogP contribution in [0.15, 0.2) is 54.0 Å². The molecule has 1 aliphatic carbocycles. The molecule has 35 heavy (non-hydrogen) atoms. The van der Waals surface area contributed by atoms with Crippen LogP contribution in [0.3, 0.4) is 0 Å². The zero-order chi connectivity index (χ0) is 24.5. The molecule has 1 aromatic heterocycles. The van der Waals surface area contributed by atoms with Gasteiger partial charge in [0.1, 0.15) is 18.1 Å². The molecule has 2 aliphatic rings. The molecule has 0 fully saturated rings. The van der Waals surface area contributed by atoms with Gasteiger partial charge in [0.25, 0.3) is 0 Å². The third-order valence-corrected chi connectivity index (χ3v) is 6.53. The smallest absolute Gasteiger partial charge is 0.226 e. The van der Waals surface area contributed by atoms with Gasteiger partial charge in [0.15, 0.2) is 17.3 Å². The monoisotopic (exact) mass is 476 g/mol. The van der Waals surface area contributed by atoms with Gasteiger partial charge in [-0.3, -0.25) is 4.79 Å². The van der Waals surface area contributed by atoms with Crippen LogP contribution < -0.4 is 24.3 Å². The molecule has 1 N–H and O–H groups in total. The van der Waals surface area contributed by atoms with E-state index in [1.165, 1.54) is 6.33 Å². The fraction of sp³-hybridized carbons (Fsp3) is 0.346. The van der Waals surface area contributed by atoms with Crippen LogP contribution in [-0.4, -0.2) is 48.5 Å². The lowest BCUT2D eigenvalue weighted by atomic mass is 9.77. The molecule has 9 heteroatoms. The average Bonchev–Trinajstić information content (AvgIpc) is 3.35. The largest absolute Gasteiger partial charge is 0.494 e. The second kappa shape index (κ2) is 9.32. The van der Waals surface area contributed by atoms with Crippen LogP contribution in [0, 0.1) is 0 Å². The van der Waals surface area contributed by atoms with Crippen LogP contribution in [0.1, 0.15) is 42.9 Å². The Kier molecular flexibility index (Phi) is 6.07. The van der Waals surface area contributed by atoms with Gasteiger partial charge >= 0.3 is 0 Å². The number of rotatable bonds is 7. The third kappa shape index (κ3) is 3.96. The van der Waals surface area contributed by atoms with Gasteiger partial charge in [-0.05, 0) is 54.7 Å². The number of methoxy groups -OCH3 is 3. The van der Waals surface area contributed by atoms with Crippen molar-refractivity contribution in [3.05, 3.63) is 65.1 Å². The first-order valence-electron chi connectivity index (χ1n) is 11.5. The van der Waals surface area contributed by atoms with Crippen LogP contribution in [-0.2, 0) is 4.79 Å². The molecule has 2 atom stereocenters. The number of hydrogen-bond acceptors (Lipinski definition) is 8. The summed E-state index contributed by atoms with van der Waals surface area (Å²) in [5.41, 5.74) is 3.48. The minimum atomic E-state index is -0.354. The molecular weight excluding hydrogens is 448 g/mol. The van der Waals surface area contributed by atoms with Gasteiger partial charge in [0, 0.05) is 17.7 Å². The molecule has 0 saturated carbocycles. The summed E-state index contributed by atoms with van der Waals surface area (Å²) in [4.78, 5) is 18.0. The lowest BCUT2D eigenvalue weighted by molar-refractivity contribution is -0.116. The molecule has 0 saturated heterocycles. The van der Waals surface area contributed by atoms with Gasteiger partial charge in [-0.2, -0.15) is 10.1 Å². The fourth-order valence-electron chi connectivity index (χ4n) is 4.95. The van der Waals surface area contributed by atoms with Crippen LogP contribution in [0.4, 0.5) is 5.95 Å². The Hall–Kier alpha value is -4.01. The highest BCUT2D eigenvalue weighted by Gasteiger charge is 2.39. The summed E-state index contributed by atoms with van der Waals surface area (Å²) in [6.45, 7) is 2.54. The molecule has 0 bridgehead atoms. The first-order valence-corrected chi connectivity index (χ1v) is 11.5. The summed E-state index contributed by atoms with van der Waals surface area (Å²) >= 11 is 0. The normalized spacial score (nSPS) is 18.9. The van der Waals surface area contributed by atoms with Crippen molar-refractivity contribution in [3.8, 4) is 23.0 Å². The number of ketones is 1. The summed E-state index contributed by atoms with van der Waals surface area (Å²) in [7, 11) is 4.75. The predicted octanol–water partition coefficient (Wildman–Crippen LogP) is 4.12. The Labute approximate surface area is 203 Å². The highest BCUT2D eigenvalue weighted by Crippen LogP contribution is 2.47. The molecule has 0 unspecified atom stereocenters. The highest BCUT2D eigenvalue weighted by atomic mass is 16.5. The Morgan fingerprint density at radius 2 is 1.71 bits per heavy atom.